The molecule has 1 fully saturated rings. The largest absolute Gasteiger partial charge is 0.507 e. The van der Waals surface area contributed by atoms with Crippen LogP contribution in [0.15, 0.2) is 47.5 Å². The van der Waals surface area contributed by atoms with Crippen LogP contribution in [0.25, 0.3) is 0 Å². The third-order valence-electron chi connectivity index (χ3n) is 3.91. The first-order chi connectivity index (χ1) is 10.8. The predicted octanol–water partition coefficient (Wildman–Crippen LogP) is 3.75. The highest BCUT2D eigenvalue weighted by Crippen LogP contribution is 2.25. The number of anilines is 1. The lowest BCUT2D eigenvalue weighted by Gasteiger charge is -2.17. The van der Waals surface area contributed by atoms with E-state index in [9.17, 15) is 5.11 Å². The van der Waals surface area contributed by atoms with Crippen molar-refractivity contribution in [1.29, 1.82) is 0 Å². The lowest BCUT2D eigenvalue weighted by Crippen LogP contribution is -2.17. The van der Waals surface area contributed by atoms with Crippen LogP contribution in [0, 0.1) is 0 Å². The highest BCUT2D eigenvalue weighted by molar-refractivity contribution is 5.86. The molecular weight excluding hydrogens is 276 g/mol. The second-order valence-corrected chi connectivity index (χ2v) is 5.39. The molecule has 0 bridgehead atoms. The molecule has 0 spiro atoms. The summed E-state index contributed by atoms with van der Waals surface area (Å²) in [5.41, 5.74) is 2.76. The fraction of sp³-hybridized carbons (Fsp3) is 0.278. The molecule has 2 aromatic carbocycles. The van der Waals surface area contributed by atoms with Gasteiger partial charge in [-0.3, -0.25) is 4.99 Å². The molecule has 114 valence electrons. The molecule has 0 radical (unpaired) electrons. The van der Waals surface area contributed by atoms with E-state index in [0.29, 0.717) is 11.3 Å². The number of nitrogens with zero attached hydrogens (tertiary/aromatic N) is 2. The smallest absolute Gasteiger partial charge is 0.124 e. The Balaban J connectivity index is 1.75. The number of hydrogen-bond donors (Lipinski definition) is 1. The van der Waals surface area contributed by atoms with E-state index >= 15 is 0 Å². The Bertz CT molecular complexity index is 659. The number of ether oxygens (including phenoxy) is 1. The number of aliphatic imine (C=N–C) groups is 1. The van der Waals surface area contributed by atoms with E-state index in [1.807, 2.05) is 12.1 Å². The van der Waals surface area contributed by atoms with E-state index in [1.54, 1.807) is 31.5 Å². The van der Waals surface area contributed by atoms with Crippen molar-refractivity contribution in [3.8, 4) is 11.5 Å². The summed E-state index contributed by atoms with van der Waals surface area (Å²) >= 11 is 0. The van der Waals surface area contributed by atoms with Gasteiger partial charge in [-0.25, -0.2) is 0 Å². The molecular formula is C18H20N2O2. The van der Waals surface area contributed by atoms with Crippen molar-refractivity contribution < 1.29 is 9.84 Å². The molecule has 0 aliphatic carbocycles. The normalized spacial score (nSPS) is 14.7. The summed E-state index contributed by atoms with van der Waals surface area (Å²) in [4.78, 5) is 6.81. The van der Waals surface area contributed by atoms with Crippen LogP contribution >= 0.6 is 0 Å². The number of hydrogen-bond acceptors (Lipinski definition) is 4. The Morgan fingerprint density at radius 1 is 1.09 bits per heavy atom. The summed E-state index contributed by atoms with van der Waals surface area (Å²) in [6.45, 7) is 2.28. The fourth-order valence-corrected chi connectivity index (χ4v) is 2.63. The van der Waals surface area contributed by atoms with Gasteiger partial charge in [0, 0.05) is 30.6 Å². The van der Waals surface area contributed by atoms with Crippen molar-refractivity contribution in [2.75, 3.05) is 25.1 Å². The van der Waals surface area contributed by atoms with Crippen molar-refractivity contribution >= 4 is 17.6 Å². The van der Waals surface area contributed by atoms with Crippen LogP contribution in [-0.2, 0) is 0 Å². The second kappa shape index (κ2) is 6.52. The van der Waals surface area contributed by atoms with Crippen molar-refractivity contribution in [1.82, 2.24) is 0 Å². The van der Waals surface area contributed by atoms with Crippen molar-refractivity contribution in [2.45, 2.75) is 12.8 Å². The first-order valence-electron chi connectivity index (χ1n) is 7.52. The van der Waals surface area contributed by atoms with Crippen molar-refractivity contribution in [3.05, 3.63) is 48.0 Å². The monoisotopic (exact) mass is 296 g/mol. The topological polar surface area (TPSA) is 45.1 Å². The maximum atomic E-state index is 9.84. The van der Waals surface area contributed by atoms with Crippen LogP contribution < -0.4 is 9.64 Å². The zero-order valence-electron chi connectivity index (χ0n) is 12.7. The molecule has 0 atom stereocenters. The zero-order chi connectivity index (χ0) is 15.4. The van der Waals surface area contributed by atoms with Gasteiger partial charge in [-0.15, -0.1) is 0 Å². The third kappa shape index (κ3) is 3.22. The average molecular weight is 296 g/mol. The van der Waals surface area contributed by atoms with Gasteiger partial charge in [-0.2, -0.15) is 0 Å². The maximum Gasteiger partial charge on any atom is 0.124 e. The van der Waals surface area contributed by atoms with Gasteiger partial charge in [0.25, 0.3) is 0 Å². The van der Waals surface area contributed by atoms with E-state index in [-0.39, 0.29) is 5.75 Å². The number of phenols is 1. The van der Waals surface area contributed by atoms with Crippen LogP contribution in [0.5, 0.6) is 11.5 Å². The quantitative estimate of drug-likeness (QED) is 0.874. The zero-order valence-corrected chi connectivity index (χ0v) is 12.7. The number of methoxy groups -OCH3 is 1. The molecule has 1 heterocycles. The van der Waals surface area contributed by atoms with Crippen LogP contribution in [0.3, 0.4) is 0 Å². The summed E-state index contributed by atoms with van der Waals surface area (Å²) in [6.07, 6.45) is 4.20. The minimum Gasteiger partial charge on any atom is -0.507 e. The van der Waals surface area contributed by atoms with Crippen molar-refractivity contribution in [3.63, 3.8) is 0 Å². The van der Waals surface area contributed by atoms with Crippen LogP contribution in [-0.4, -0.2) is 31.5 Å². The lowest BCUT2D eigenvalue weighted by molar-refractivity contribution is 0.412. The number of benzene rings is 2. The first kappa shape index (κ1) is 14.4. The van der Waals surface area contributed by atoms with Gasteiger partial charge in [-0.1, -0.05) is 0 Å². The molecule has 1 aliphatic rings. The molecule has 0 aromatic heterocycles. The van der Waals surface area contributed by atoms with Gasteiger partial charge in [0.1, 0.15) is 11.5 Å². The van der Waals surface area contributed by atoms with E-state index in [4.69, 9.17) is 4.74 Å². The molecule has 22 heavy (non-hydrogen) atoms. The molecule has 1 saturated heterocycles. The van der Waals surface area contributed by atoms with E-state index in [1.165, 1.54) is 18.5 Å². The fourth-order valence-electron chi connectivity index (χ4n) is 2.63. The molecule has 1 aliphatic heterocycles. The van der Waals surface area contributed by atoms with Gasteiger partial charge in [0.15, 0.2) is 0 Å². The molecule has 4 heteroatoms. The molecule has 0 saturated carbocycles. The number of aromatic hydroxyl groups is 1. The molecule has 2 aromatic rings. The molecule has 0 amide bonds. The van der Waals surface area contributed by atoms with Gasteiger partial charge in [0.2, 0.25) is 0 Å². The van der Waals surface area contributed by atoms with E-state index in [0.717, 1.165) is 18.8 Å². The summed E-state index contributed by atoms with van der Waals surface area (Å²) in [6, 6.07) is 13.3. The summed E-state index contributed by atoms with van der Waals surface area (Å²) in [5, 5.41) is 9.84. The third-order valence-corrected chi connectivity index (χ3v) is 3.91. The van der Waals surface area contributed by atoms with E-state index < -0.39 is 0 Å². The minimum atomic E-state index is 0.193. The summed E-state index contributed by atoms with van der Waals surface area (Å²) in [7, 11) is 1.60. The molecule has 3 rings (SSSR count). The Morgan fingerprint density at radius 3 is 2.50 bits per heavy atom. The summed E-state index contributed by atoms with van der Waals surface area (Å²) in [5.74, 6) is 0.891. The van der Waals surface area contributed by atoms with Crippen LogP contribution in [0.1, 0.15) is 18.4 Å². The van der Waals surface area contributed by atoms with Gasteiger partial charge in [-0.05, 0) is 55.3 Å². The SMILES string of the molecule is COc1ccc(O)c(C=Nc2ccc(N3CCCC3)cc2)c1. The maximum absolute atomic E-state index is 9.84. The Morgan fingerprint density at radius 2 is 1.82 bits per heavy atom. The Kier molecular flexibility index (Phi) is 4.28. The molecule has 4 nitrogen and oxygen atoms in total. The standard InChI is InChI=1S/C18H20N2O2/c1-22-17-8-9-18(21)14(12-17)13-19-15-4-6-16(7-5-15)20-10-2-3-11-20/h4-9,12-13,21H,2-3,10-11H2,1H3. The minimum absolute atomic E-state index is 0.193. The van der Waals surface area contributed by atoms with Gasteiger partial charge < -0.3 is 14.7 Å². The predicted molar refractivity (Wildman–Crippen MR) is 89.8 cm³/mol. The Hall–Kier alpha value is -2.49. The van der Waals surface area contributed by atoms with E-state index in [2.05, 4.69) is 22.0 Å². The van der Waals surface area contributed by atoms with Gasteiger partial charge >= 0.3 is 0 Å². The van der Waals surface area contributed by atoms with Crippen molar-refractivity contribution in [2.24, 2.45) is 4.99 Å². The summed E-state index contributed by atoms with van der Waals surface area (Å²) < 4.78 is 5.16. The average Bonchev–Trinajstić information content (AvgIpc) is 3.09. The highest BCUT2D eigenvalue weighted by Gasteiger charge is 2.11. The first-order valence-corrected chi connectivity index (χ1v) is 7.52. The van der Waals surface area contributed by atoms with Gasteiger partial charge in [0.05, 0.1) is 12.8 Å². The lowest BCUT2D eigenvalue weighted by atomic mass is 10.2. The second-order valence-electron chi connectivity index (χ2n) is 5.39. The molecule has 0 unspecified atom stereocenters. The van der Waals surface area contributed by atoms with Crippen LogP contribution in [0.2, 0.25) is 0 Å². The Labute approximate surface area is 130 Å². The highest BCUT2D eigenvalue weighted by atomic mass is 16.5. The van der Waals surface area contributed by atoms with Crippen LogP contribution in [0.4, 0.5) is 11.4 Å². The number of phenolic OH excluding ortho intramolecular Hbond substituents is 1. The molecule has 1 N–H and O–H groups in total. The number of rotatable bonds is 4.